The van der Waals surface area contributed by atoms with Crippen molar-refractivity contribution in [3.8, 4) is 5.88 Å². The molecule has 158 valence electrons. The predicted molar refractivity (Wildman–Crippen MR) is 108 cm³/mol. The van der Waals surface area contributed by atoms with Crippen molar-refractivity contribution in [1.29, 1.82) is 0 Å². The van der Waals surface area contributed by atoms with E-state index in [1.165, 1.54) is 49.5 Å². The number of carbonyl (C=O) groups is 1. The molecule has 3 N–H and O–H groups in total. The highest BCUT2D eigenvalue weighted by molar-refractivity contribution is 8.13. The summed E-state index contributed by atoms with van der Waals surface area (Å²) < 4.78 is 38.8. The number of alkyl halides is 1. The molecule has 1 fully saturated rings. The Morgan fingerprint density at radius 1 is 1.43 bits per heavy atom. The number of rotatable bonds is 5. The summed E-state index contributed by atoms with van der Waals surface area (Å²) in [5.41, 5.74) is 5.37. The van der Waals surface area contributed by atoms with Crippen molar-refractivity contribution in [2.75, 3.05) is 31.5 Å². The molecule has 2 aliphatic heterocycles. The second-order valence-corrected chi connectivity index (χ2v) is 7.93. The summed E-state index contributed by atoms with van der Waals surface area (Å²) >= 11 is 1.29. The SMILES string of the molecule is COc1cnc(C(=O)Nc2ccc(F)c(C34COC(CF)C3CSC(N)=N4)c2)cn1. The van der Waals surface area contributed by atoms with Crippen LogP contribution in [0.25, 0.3) is 0 Å². The molecule has 3 atom stereocenters. The van der Waals surface area contributed by atoms with Gasteiger partial charge < -0.3 is 20.5 Å². The highest BCUT2D eigenvalue weighted by Gasteiger charge is 2.54. The molecule has 1 amide bonds. The van der Waals surface area contributed by atoms with Crippen LogP contribution in [0.2, 0.25) is 0 Å². The summed E-state index contributed by atoms with van der Waals surface area (Å²) in [4.78, 5) is 24.9. The molecule has 4 rings (SSSR count). The van der Waals surface area contributed by atoms with Gasteiger partial charge in [-0.1, -0.05) is 11.8 Å². The molecule has 0 bridgehead atoms. The third kappa shape index (κ3) is 3.58. The van der Waals surface area contributed by atoms with Crippen LogP contribution in [-0.4, -0.2) is 53.3 Å². The fourth-order valence-electron chi connectivity index (χ4n) is 3.69. The predicted octanol–water partition coefficient (Wildman–Crippen LogP) is 2.12. The fraction of sp³-hybridized carbons (Fsp3) is 0.368. The van der Waals surface area contributed by atoms with Crippen LogP contribution in [0.1, 0.15) is 16.1 Å². The molecule has 3 heterocycles. The number of halogens is 2. The number of amides is 1. The van der Waals surface area contributed by atoms with E-state index in [1.54, 1.807) is 0 Å². The van der Waals surface area contributed by atoms with Crippen molar-refractivity contribution < 1.29 is 23.0 Å². The van der Waals surface area contributed by atoms with Crippen molar-refractivity contribution in [1.82, 2.24) is 9.97 Å². The molecule has 1 saturated heterocycles. The Morgan fingerprint density at radius 3 is 2.97 bits per heavy atom. The van der Waals surface area contributed by atoms with Crippen molar-refractivity contribution in [2.24, 2.45) is 16.6 Å². The van der Waals surface area contributed by atoms with Gasteiger partial charge in [0, 0.05) is 22.9 Å². The highest BCUT2D eigenvalue weighted by atomic mass is 32.2. The minimum absolute atomic E-state index is 0.00574. The lowest BCUT2D eigenvalue weighted by Gasteiger charge is -2.35. The van der Waals surface area contributed by atoms with Crippen LogP contribution in [0.3, 0.4) is 0 Å². The number of aliphatic imine (C=N–C) groups is 1. The fourth-order valence-corrected chi connectivity index (χ4v) is 4.76. The first-order valence-corrected chi connectivity index (χ1v) is 10.1. The van der Waals surface area contributed by atoms with E-state index in [1.807, 2.05) is 0 Å². The highest BCUT2D eigenvalue weighted by Crippen LogP contribution is 2.48. The molecule has 1 aromatic carbocycles. The number of anilines is 1. The number of amidine groups is 1. The number of nitrogens with one attached hydrogen (secondary N) is 1. The van der Waals surface area contributed by atoms with Crippen LogP contribution in [0.4, 0.5) is 14.5 Å². The molecule has 0 aliphatic carbocycles. The molecule has 8 nitrogen and oxygen atoms in total. The van der Waals surface area contributed by atoms with E-state index in [9.17, 15) is 13.6 Å². The standard InChI is InChI=1S/C19H19F2N5O3S/c1-28-16-7-23-14(6-24-16)17(27)25-10-2-3-13(21)11(4-10)19-9-29-15(5-20)12(19)8-30-18(22)26-19/h2-4,6-7,12,15H,5,8-9H2,1H3,(H2,22,26)(H,25,27). The van der Waals surface area contributed by atoms with Crippen molar-refractivity contribution in [3.05, 3.63) is 47.7 Å². The van der Waals surface area contributed by atoms with E-state index in [-0.39, 0.29) is 34.8 Å². The van der Waals surface area contributed by atoms with Crippen LogP contribution < -0.4 is 15.8 Å². The molecule has 3 unspecified atom stereocenters. The van der Waals surface area contributed by atoms with Crippen molar-refractivity contribution >= 4 is 28.5 Å². The number of carbonyl (C=O) groups excluding carboxylic acids is 1. The molecular formula is C19H19F2N5O3S. The van der Waals surface area contributed by atoms with Gasteiger partial charge in [-0.2, -0.15) is 0 Å². The van der Waals surface area contributed by atoms with Crippen LogP contribution >= 0.6 is 11.8 Å². The average Bonchev–Trinajstić information content (AvgIpc) is 3.13. The first-order valence-electron chi connectivity index (χ1n) is 9.10. The summed E-state index contributed by atoms with van der Waals surface area (Å²) in [5.74, 6) is -0.707. The Hall–Kier alpha value is -2.79. The zero-order chi connectivity index (χ0) is 21.3. The van der Waals surface area contributed by atoms with Gasteiger partial charge in [0.1, 0.15) is 23.7 Å². The molecule has 0 spiro atoms. The van der Waals surface area contributed by atoms with E-state index in [2.05, 4.69) is 20.3 Å². The van der Waals surface area contributed by atoms with Crippen LogP contribution in [0.5, 0.6) is 5.88 Å². The zero-order valence-corrected chi connectivity index (χ0v) is 16.8. The summed E-state index contributed by atoms with van der Waals surface area (Å²) in [6, 6.07) is 4.13. The van der Waals surface area contributed by atoms with E-state index in [4.69, 9.17) is 15.2 Å². The Kier molecular flexibility index (Phi) is 5.56. The molecule has 2 aromatic rings. The number of hydrogen-bond acceptors (Lipinski definition) is 8. The second-order valence-electron chi connectivity index (χ2n) is 6.89. The van der Waals surface area contributed by atoms with E-state index in [0.717, 1.165) is 0 Å². The minimum Gasteiger partial charge on any atom is -0.480 e. The summed E-state index contributed by atoms with van der Waals surface area (Å²) in [7, 11) is 1.44. The first-order chi connectivity index (χ1) is 14.5. The summed E-state index contributed by atoms with van der Waals surface area (Å²) in [6.45, 7) is -0.692. The topological polar surface area (TPSA) is 112 Å². The Morgan fingerprint density at radius 2 is 2.27 bits per heavy atom. The van der Waals surface area contributed by atoms with Crippen molar-refractivity contribution in [2.45, 2.75) is 11.6 Å². The Bertz CT molecular complexity index is 991. The van der Waals surface area contributed by atoms with Gasteiger partial charge in [-0.25, -0.2) is 23.7 Å². The minimum atomic E-state index is -1.14. The molecule has 1 aromatic heterocycles. The molecule has 11 heteroatoms. The summed E-state index contributed by atoms with van der Waals surface area (Å²) in [6.07, 6.45) is 1.90. The van der Waals surface area contributed by atoms with Crippen LogP contribution in [-0.2, 0) is 10.3 Å². The number of thioether (sulfide) groups is 1. The number of benzene rings is 1. The lowest BCUT2D eigenvalue weighted by atomic mass is 9.79. The van der Waals surface area contributed by atoms with Gasteiger partial charge >= 0.3 is 0 Å². The van der Waals surface area contributed by atoms with E-state index < -0.39 is 30.0 Å². The smallest absolute Gasteiger partial charge is 0.275 e. The van der Waals surface area contributed by atoms with Gasteiger partial charge in [0.15, 0.2) is 5.17 Å². The Balaban J connectivity index is 1.66. The quantitative estimate of drug-likeness (QED) is 0.740. The number of hydrogen-bond donors (Lipinski definition) is 2. The molecular weight excluding hydrogens is 416 g/mol. The van der Waals surface area contributed by atoms with Crippen LogP contribution in [0.15, 0.2) is 35.6 Å². The maximum atomic E-state index is 14.9. The molecule has 2 aliphatic rings. The number of methoxy groups -OCH3 is 1. The van der Waals surface area contributed by atoms with Gasteiger partial charge in [0.05, 0.1) is 32.2 Å². The van der Waals surface area contributed by atoms with Gasteiger partial charge in [-0.3, -0.25) is 4.79 Å². The number of nitrogens with two attached hydrogens (primary N) is 1. The molecule has 30 heavy (non-hydrogen) atoms. The largest absolute Gasteiger partial charge is 0.480 e. The third-order valence-electron chi connectivity index (χ3n) is 5.21. The normalized spacial score (nSPS) is 25.4. The molecule has 0 radical (unpaired) electrons. The van der Waals surface area contributed by atoms with E-state index >= 15 is 0 Å². The molecule has 0 saturated carbocycles. The number of aromatic nitrogens is 2. The number of nitrogens with zero attached hydrogens (tertiary/aromatic N) is 3. The van der Waals surface area contributed by atoms with E-state index in [0.29, 0.717) is 11.4 Å². The van der Waals surface area contributed by atoms with Gasteiger partial charge in [0.25, 0.3) is 5.91 Å². The van der Waals surface area contributed by atoms with Crippen molar-refractivity contribution in [3.63, 3.8) is 0 Å². The maximum Gasteiger partial charge on any atom is 0.275 e. The lowest BCUT2D eigenvalue weighted by Crippen LogP contribution is -2.42. The zero-order valence-electron chi connectivity index (χ0n) is 16.0. The summed E-state index contributed by atoms with van der Waals surface area (Å²) in [5, 5.41) is 2.96. The third-order valence-corrected chi connectivity index (χ3v) is 6.13. The Labute approximate surface area is 175 Å². The number of ether oxygens (including phenoxy) is 2. The van der Waals surface area contributed by atoms with Gasteiger partial charge in [-0.15, -0.1) is 0 Å². The van der Waals surface area contributed by atoms with Gasteiger partial charge in [-0.05, 0) is 18.2 Å². The first kappa shape index (κ1) is 20.5. The average molecular weight is 435 g/mol. The lowest BCUT2D eigenvalue weighted by molar-refractivity contribution is 0.0721. The number of fused-ring (bicyclic) bond motifs is 1. The maximum absolute atomic E-state index is 14.9. The van der Waals surface area contributed by atoms with Crippen LogP contribution in [0, 0.1) is 11.7 Å². The second kappa shape index (κ2) is 8.15. The monoisotopic (exact) mass is 435 g/mol. The van der Waals surface area contributed by atoms with Gasteiger partial charge in [0.2, 0.25) is 5.88 Å².